The van der Waals surface area contributed by atoms with E-state index in [4.69, 9.17) is 32.7 Å². The van der Waals surface area contributed by atoms with Gasteiger partial charge in [-0.1, -0.05) is 23.2 Å². The van der Waals surface area contributed by atoms with Gasteiger partial charge in [-0.05, 0) is 60.7 Å². The molecule has 0 saturated carbocycles. The van der Waals surface area contributed by atoms with Crippen LogP contribution in [0.3, 0.4) is 0 Å². The van der Waals surface area contributed by atoms with Crippen molar-refractivity contribution in [3.05, 3.63) is 81.8 Å². The number of benzene rings is 3. The minimum absolute atomic E-state index is 0.0177. The van der Waals surface area contributed by atoms with E-state index >= 15 is 0 Å². The molecule has 1 aliphatic heterocycles. The molecule has 4 rings (SSSR count). The quantitative estimate of drug-likeness (QED) is 0.488. The highest BCUT2D eigenvalue weighted by atomic mass is 35.5. The zero-order valence-electron chi connectivity index (χ0n) is 19.4. The van der Waals surface area contributed by atoms with E-state index in [1.807, 2.05) is 29.2 Å². The van der Waals surface area contributed by atoms with E-state index in [0.717, 1.165) is 24.5 Å². The van der Waals surface area contributed by atoms with Crippen LogP contribution in [0.4, 0.5) is 11.4 Å². The van der Waals surface area contributed by atoms with E-state index in [2.05, 4.69) is 10.2 Å². The topological polar surface area (TPSA) is 71.1 Å². The lowest BCUT2D eigenvalue weighted by atomic mass is 10.1. The summed E-state index contributed by atoms with van der Waals surface area (Å²) < 4.78 is 10.3. The van der Waals surface area contributed by atoms with Gasteiger partial charge in [0, 0.05) is 48.7 Å². The van der Waals surface area contributed by atoms with Crippen molar-refractivity contribution in [2.75, 3.05) is 50.6 Å². The van der Waals surface area contributed by atoms with Crippen LogP contribution in [0.2, 0.25) is 10.0 Å². The molecular formula is C26H25Cl2N3O4. The first-order valence-corrected chi connectivity index (χ1v) is 11.8. The van der Waals surface area contributed by atoms with Crippen molar-refractivity contribution in [3.63, 3.8) is 0 Å². The smallest absolute Gasteiger partial charge is 0.255 e. The molecule has 9 heteroatoms. The van der Waals surface area contributed by atoms with Crippen LogP contribution in [-0.2, 0) is 0 Å². The van der Waals surface area contributed by atoms with Gasteiger partial charge in [-0.25, -0.2) is 0 Å². The maximum absolute atomic E-state index is 12.8. The average Bonchev–Trinajstić information content (AvgIpc) is 2.88. The predicted molar refractivity (Wildman–Crippen MR) is 139 cm³/mol. The van der Waals surface area contributed by atoms with Crippen molar-refractivity contribution < 1.29 is 19.1 Å². The number of halogens is 2. The van der Waals surface area contributed by atoms with Gasteiger partial charge in [0.2, 0.25) is 0 Å². The maximum Gasteiger partial charge on any atom is 0.255 e. The molecule has 0 bridgehead atoms. The third-order valence-corrected chi connectivity index (χ3v) is 6.42. The Labute approximate surface area is 214 Å². The van der Waals surface area contributed by atoms with Crippen LogP contribution in [0, 0.1) is 0 Å². The molecule has 1 N–H and O–H groups in total. The fourth-order valence-corrected chi connectivity index (χ4v) is 4.57. The van der Waals surface area contributed by atoms with Crippen molar-refractivity contribution >= 4 is 46.4 Å². The fourth-order valence-electron chi connectivity index (χ4n) is 3.93. The summed E-state index contributed by atoms with van der Waals surface area (Å²) in [6.45, 7) is 2.69. The molecule has 0 unspecified atom stereocenters. The zero-order chi connectivity index (χ0) is 24.9. The molecule has 1 saturated heterocycles. The number of piperazine rings is 1. The molecule has 3 aromatic carbocycles. The monoisotopic (exact) mass is 513 g/mol. The molecule has 7 nitrogen and oxygen atoms in total. The van der Waals surface area contributed by atoms with Gasteiger partial charge in [-0.2, -0.15) is 0 Å². The van der Waals surface area contributed by atoms with Crippen LogP contribution in [0.15, 0.2) is 60.7 Å². The molecule has 1 heterocycles. The van der Waals surface area contributed by atoms with Crippen LogP contribution < -0.4 is 19.7 Å². The third kappa shape index (κ3) is 5.63. The van der Waals surface area contributed by atoms with E-state index in [0.29, 0.717) is 35.7 Å². The molecule has 2 amide bonds. The predicted octanol–water partition coefficient (Wildman–Crippen LogP) is 5.23. The van der Waals surface area contributed by atoms with Gasteiger partial charge >= 0.3 is 0 Å². The number of carbonyl (C=O) groups excluding carboxylic acids is 2. The Morgan fingerprint density at radius 3 is 1.94 bits per heavy atom. The summed E-state index contributed by atoms with van der Waals surface area (Å²) in [5.74, 6) is 0.751. The number of hydrogen-bond donors (Lipinski definition) is 1. The maximum atomic E-state index is 12.8. The first-order valence-electron chi connectivity index (χ1n) is 11.0. The van der Waals surface area contributed by atoms with E-state index in [-0.39, 0.29) is 21.9 Å². The van der Waals surface area contributed by atoms with Crippen molar-refractivity contribution in [2.24, 2.45) is 0 Å². The lowest BCUT2D eigenvalue weighted by Crippen LogP contribution is -2.48. The number of rotatable bonds is 6. The van der Waals surface area contributed by atoms with Crippen LogP contribution >= 0.6 is 23.2 Å². The SMILES string of the molecule is COc1ccc(C(=O)N2CCN(c3ccc(NC(=O)c4cc(Cl)c(OC)c(Cl)c4)cc3)CC2)cc1. The Morgan fingerprint density at radius 2 is 1.40 bits per heavy atom. The van der Waals surface area contributed by atoms with Crippen molar-refractivity contribution in [1.82, 2.24) is 4.90 Å². The standard InChI is InChI=1S/C26H25Cl2N3O4/c1-34-21-9-3-17(4-10-21)26(33)31-13-11-30(12-14-31)20-7-5-19(6-8-20)29-25(32)18-15-22(27)24(35-2)23(28)16-18/h3-10,15-16H,11-14H2,1-2H3,(H,29,32). The minimum atomic E-state index is -0.324. The average molecular weight is 514 g/mol. The summed E-state index contributed by atoms with van der Waals surface area (Å²) in [6.07, 6.45) is 0. The number of nitrogens with one attached hydrogen (secondary N) is 1. The van der Waals surface area contributed by atoms with Gasteiger partial charge in [-0.3, -0.25) is 9.59 Å². The van der Waals surface area contributed by atoms with E-state index < -0.39 is 0 Å². The second-order valence-corrected chi connectivity index (χ2v) is 8.80. The van der Waals surface area contributed by atoms with Gasteiger partial charge in [0.05, 0.1) is 24.3 Å². The van der Waals surface area contributed by atoms with Crippen LogP contribution in [0.1, 0.15) is 20.7 Å². The lowest BCUT2D eigenvalue weighted by Gasteiger charge is -2.36. The summed E-state index contributed by atoms with van der Waals surface area (Å²) in [5.41, 5.74) is 2.66. The van der Waals surface area contributed by atoms with E-state index in [1.165, 1.54) is 19.2 Å². The van der Waals surface area contributed by atoms with Gasteiger partial charge in [0.15, 0.2) is 5.75 Å². The molecule has 35 heavy (non-hydrogen) atoms. The summed E-state index contributed by atoms with van der Waals surface area (Å²) >= 11 is 12.3. The minimum Gasteiger partial charge on any atom is -0.497 e. The Bertz CT molecular complexity index is 1190. The highest BCUT2D eigenvalue weighted by Crippen LogP contribution is 2.34. The second kappa shape index (κ2) is 10.9. The Hall–Kier alpha value is -3.42. The summed E-state index contributed by atoms with van der Waals surface area (Å²) in [5, 5.41) is 3.39. The Kier molecular flexibility index (Phi) is 7.68. The van der Waals surface area contributed by atoms with E-state index in [1.54, 1.807) is 31.4 Å². The number of amides is 2. The van der Waals surface area contributed by atoms with Crippen molar-refractivity contribution in [3.8, 4) is 11.5 Å². The molecule has 0 aliphatic carbocycles. The number of methoxy groups -OCH3 is 2. The number of anilines is 2. The molecule has 0 radical (unpaired) electrons. The second-order valence-electron chi connectivity index (χ2n) is 7.98. The highest BCUT2D eigenvalue weighted by Gasteiger charge is 2.22. The Balaban J connectivity index is 1.34. The molecule has 0 spiro atoms. The number of nitrogens with zero attached hydrogens (tertiary/aromatic N) is 2. The third-order valence-electron chi connectivity index (χ3n) is 5.86. The van der Waals surface area contributed by atoms with Gasteiger partial charge < -0.3 is 24.6 Å². The first kappa shape index (κ1) is 24.7. The molecule has 0 atom stereocenters. The molecule has 1 aliphatic rings. The zero-order valence-corrected chi connectivity index (χ0v) is 20.9. The van der Waals surface area contributed by atoms with E-state index in [9.17, 15) is 9.59 Å². The van der Waals surface area contributed by atoms with Crippen molar-refractivity contribution in [2.45, 2.75) is 0 Å². The summed E-state index contributed by atoms with van der Waals surface area (Å²) in [7, 11) is 3.07. The largest absolute Gasteiger partial charge is 0.497 e. The Morgan fingerprint density at radius 1 is 0.800 bits per heavy atom. The van der Waals surface area contributed by atoms with Gasteiger partial charge in [0.1, 0.15) is 5.75 Å². The normalized spacial score (nSPS) is 13.4. The molecule has 0 aromatic heterocycles. The highest BCUT2D eigenvalue weighted by molar-refractivity contribution is 6.37. The van der Waals surface area contributed by atoms with Gasteiger partial charge in [-0.15, -0.1) is 0 Å². The number of carbonyl (C=O) groups is 2. The van der Waals surface area contributed by atoms with Gasteiger partial charge in [0.25, 0.3) is 11.8 Å². The molecule has 1 fully saturated rings. The summed E-state index contributed by atoms with van der Waals surface area (Å²) in [4.78, 5) is 29.5. The number of hydrogen-bond acceptors (Lipinski definition) is 5. The number of ether oxygens (including phenoxy) is 2. The first-order chi connectivity index (χ1) is 16.9. The van der Waals surface area contributed by atoms with Crippen LogP contribution in [0.5, 0.6) is 11.5 Å². The van der Waals surface area contributed by atoms with Crippen LogP contribution in [-0.4, -0.2) is 57.1 Å². The summed E-state index contributed by atoms with van der Waals surface area (Å²) in [6, 6.07) is 17.8. The fraction of sp³-hybridized carbons (Fsp3) is 0.231. The van der Waals surface area contributed by atoms with Crippen molar-refractivity contribution in [1.29, 1.82) is 0 Å². The molecule has 3 aromatic rings. The molecular weight excluding hydrogens is 489 g/mol. The lowest BCUT2D eigenvalue weighted by molar-refractivity contribution is 0.0746. The molecule has 182 valence electrons. The van der Waals surface area contributed by atoms with Crippen LogP contribution in [0.25, 0.3) is 0 Å².